The summed E-state index contributed by atoms with van der Waals surface area (Å²) < 4.78 is 15.5. The van der Waals surface area contributed by atoms with Crippen molar-refractivity contribution in [1.29, 1.82) is 0 Å². The van der Waals surface area contributed by atoms with Crippen LogP contribution in [0.1, 0.15) is 17.0 Å². The van der Waals surface area contributed by atoms with Gasteiger partial charge in [-0.15, -0.1) is 11.8 Å². The van der Waals surface area contributed by atoms with Gasteiger partial charge in [-0.2, -0.15) is 4.98 Å². The van der Waals surface area contributed by atoms with Crippen molar-refractivity contribution in [3.05, 3.63) is 72.1 Å². The molecule has 0 spiro atoms. The molecular formula is C25H26N4O5S. The molecule has 3 rings (SSSR count). The molecule has 10 heteroatoms. The minimum absolute atomic E-state index is 0.151. The first-order valence-corrected chi connectivity index (χ1v) is 11.8. The molecule has 0 radical (unpaired) electrons. The highest BCUT2D eigenvalue weighted by Crippen LogP contribution is 2.25. The molecule has 1 N–H and O–H groups in total. The van der Waals surface area contributed by atoms with Gasteiger partial charge in [-0.3, -0.25) is 9.79 Å². The molecule has 0 unspecified atom stereocenters. The summed E-state index contributed by atoms with van der Waals surface area (Å²) in [6.45, 7) is 5.38. The number of methoxy groups -OCH3 is 1. The van der Waals surface area contributed by atoms with Gasteiger partial charge in [0.15, 0.2) is 0 Å². The molecular weight excluding hydrogens is 468 g/mol. The van der Waals surface area contributed by atoms with E-state index in [4.69, 9.17) is 19.0 Å². The first kappa shape index (κ1) is 25.9. The summed E-state index contributed by atoms with van der Waals surface area (Å²) in [7, 11) is 1.31. The number of hydrogen-bond acceptors (Lipinski definition) is 10. The largest absolute Gasteiger partial charge is 0.490 e. The lowest BCUT2D eigenvalue weighted by Gasteiger charge is -2.13. The summed E-state index contributed by atoms with van der Waals surface area (Å²) >= 11 is 1.34. The third-order valence-corrected chi connectivity index (χ3v) is 5.37. The van der Waals surface area contributed by atoms with Crippen LogP contribution in [0.15, 0.2) is 69.6 Å². The number of hydrogen-bond donors (Lipinski definition) is 1. The monoisotopic (exact) mass is 494 g/mol. The van der Waals surface area contributed by atoms with E-state index in [1.165, 1.54) is 18.9 Å². The van der Waals surface area contributed by atoms with Gasteiger partial charge < -0.3 is 19.1 Å². The highest BCUT2D eigenvalue weighted by Gasteiger charge is 2.16. The number of aromatic nitrogens is 2. The predicted octanol–water partition coefficient (Wildman–Crippen LogP) is 4.16. The molecule has 1 aromatic heterocycles. The van der Waals surface area contributed by atoms with Crippen molar-refractivity contribution >= 4 is 34.2 Å². The van der Waals surface area contributed by atoms with Crippen molar-refractivity contribution in [3.63, 3.8) is 0 Å². The zero-order chi connectivity index (χ0) is 25.2. The van der Waals surface area contributed by atoms with Crippen LogP contribution in [0.4, 0.5) is 5.69 Å². The molecule has 3 aromatic rings. The fraction of sp³-hybridized carbons (Fsp3) is 0.240. The first-order chi connectivity index (χ1) is 17.0. The summed E-state index contributed by atoms with van der Waals surface area (Å²) in [5, 5.41) is 14.3. The standard InChI is InChI=1S/C25H26N4O5S/c1-5-10-33-21-12-17(15-30)11-19(13-21)23(25(35-4)26-14-22(31)32-3)28-20-8-6-18(7-9-20)24-27-16(2)34-29-24/h5-9,11-13,30H,1,10,14-15H2,2-4H3. The molecule has 0 saturated carbocycles. The van der Waals surface area contributed by atoms with Crippen molar-refractivity contribution < 1.29 is 23.9 Å². The fourth-order valence-corrected chi connectivity index (χ4v) is 3.58. The minimum Gasteiger partial charge on any atom is -0.490 e. The molecule has 182 valence electrons. The molecule has 0 aliphatic rings. The Bertz CT molecular complexity index is 1230. The van der Waals surface area contributed by atoms with Gasteiger partial charge in [0.05, 0.1) is 19.4 Å². The van der Waals surface area contributed by atoms with E-state index < -0.39 is 5.97 Å². The summed E-state index contributed by atoms with van der Waals surface area (Å²) in [6.07, 6.45) is 3.48. The number of esters is 1. The Labute approximate surface area is 207 Å². The topological polar surface area (TPSA) is 119 Å². The zero-order valence-electron chi connectivity index (χ0n) is 19.7. The van der Waals surface area contributed by atoms with Crippen LogP contribution in [0.25, 0.3) is 11.4 Å². The van der Waals surface area contributed by atoms with E-state index in [1.54, 1.807) is 25.1 Å². The van der Waals surface area contributed by atoms with Crippen molar-refractivity contribution in [2.24, 2.45) is 9.98 Å². The van der Waals surface area contributed by atoms with Crippen molar-refractivity contribution in [3.8, 4) is 17.1 Å². The maximum Gasteiger partial charge on any atom is 0.327 e. The van der Waals surface area contributed by atoms with Crippen molar-refractivity contribution in [2.75, 3.05) is 26.5 Å². The lowest BCUT2D eigenvalue weighted by atomic mass is 10.1. The fourth-order valence-electron chi connectivity index (χ4n) is 3.03. The van der Waals surface area contributed by atoms with Gasteiger partial charge in [-0.1, -0.05) is 17.8 Å². The van der Waals surface area contributed by atoms with Crippen LogP contribution in [0, 0.1) is 6.92 Å². The van der Waals surface area contributed by atoms with Gasteiger partial charge in [-0.25, -0.2) is 4.99 Å². The van der Waals surface area contributed by atoms with E-state index in [-0.39, 0.29) is 13.2 Å². The maximum absolute atomic E-state index is 11.7. The summed E-state index contributed by atoms with van der Waals surface area (Å²) in [5.41, 5.74) is 3.27. The number of benzene rings is 2. The molecule has 9 nitrogen and oxygen atoms in total. The molecule has 35 heavy (non-hydrogen) atoms. The predicted molar refractivity (Wildman–Crippen MR) is 137 cm³/mol. The van der Waals surface area contributed by atoms with Crippen molar-refractivity contribution in [2.45, 2.75) is 13.5 Å². The second kappa shape index (κ2) is 12.6. The van der Waals surface area contributed by atoms with Gasteiger partial charge in [0.1, 0.15) is 29.7 Å². The van der Waals surface area contributed by atoms with E-state index in [0.717, 1.165) is 5.56 Å². The second-order valence-electron chi connectivity index (χ2n) is 7.17. The highest BCUT2D eigenvalue weighted by atomic mass is 32.2. The number of aliphatic imine (C=N–C) groups is 2. The summed E-state index contributed by atoms with van der Waals surface area (Å²) in [4.78, 5) is 25.2. The van der Waals surface area contributed by atoms with Gasteiger partial charge in [0.25, 0.3) is 0 Å². The van der Waals surface area contributed by atoms with Gasteiger partial charge in [0, 0.05) is 18.1 Å². The van der Waals surface area contributed by atoms with Crippen LogP contribution in [0.2, 0.25) is 0 Å². The first-order valence-electron chi connectivity index (χ1n) is 10.6. The number of carbonyl (C=O) groups excluding carboxylic acids is 1. The number of aliphatic hydroxyl groups excluding tert-OH is 1. The molecule has 0 saturated heterocycles. The quantitative estimate of drug-likeness (QED) is 0.193. The molecule has 0 amide bonds. The summed E-state index contributed by atoms with van der Waals surface area (Å²) in [6, 6.07) is 12.7. The Kier molecular flexibility index (Phi) is 9.33. The number of rotatable bonds is 10. The average molecular weight is 495 g/mol. The molecule has 2 aromatic carbocycles. The van der Waals surface area contributed by atoms with Gasteiger partial charge in [0.2, 0.25) is 11.7 Å². The molecule has 0 aliphatic heterocycles. The zero-order valence-corrected chi connectivity index (χ0v) is 20.5. The Balaban J connectivity index is 2.08. The lowest BCUT2D eigenvalue weighted by molar-refractivity contribution is -0.138. The normalized spacial score (nSPS) is 11.9. The smallest absolute Gasteiger partial charge is 0.327 e. The second-order valence-corrected chi connectivity index (χ2v) is 7.96. The molecule has 0 bridgehead atoms. The maximum atomic E-state index is 11.7. The summed E-state index contributed by atoms with van der Waals surface area (Å²) in [5.74, 6) is 1.06. The van der Waals surface area contributed by atoms with E-state index in [0.29, 0.717) is 51.6 Å². The minimum atomic E-state index is -0.463. The van der Waals surface area contributed by atoms with Crippen molar-refractivity contribution in [1.82, 2.24) is 10.1 Å². The molecule has 0 atom stereocenters. The van der Waals surface area contributed by atoms with E-state index in [2.05, 4.69) is 21.7 Å². The number of aliphatic hydroxyl groups is 1. The number of thioether (sulfide) groups is 1. The Morgan fingerprint density at radius 2 is 2.03 bits per heavy atom. The van der Waals surface area contributed by atoms with Gasteiger partial charge >= 0.3 is 5.97 Å². The van der Waals surface area contributed by atoms with Crippen LogP contribution < -0.4 is 4.74 Å². The van der Waals surface area contributed by atoms with E-state index in [9.17, 15) is 9.90 Å². The number of nitrogens with zero attached hydrogens (tertiary/aromatic N) is 4. The molecule has 0 fully saturated rings. The average Bonchev–Trinajstić information content (AvgIpc) is 3.33. The van der Waals surface area contributed by atoms with Gasteiger partial charge in [-0.05, 0) is 54.3 Å². The SMILES string of the molecule is C=CCOc1cc(CO)cc(C(=Nc2ccc(-c3noc(C)n3)cc2)C(=NCC(=O)OC)SC)c1. The Hall–Kier alpha value is -3.76. The van der Waals surface area contributed by atoms with E-state index >= 15 is 0 Å². The van der Waals surface area contributed by atoms with Crippen LogP contribution in [-0.2, 0) is 16.1 Å². The third kappa shape index (κ3) is 7.11. The molecule has 0 aliphatic carbocycles. The molecule has 1 heterocycles. The number of ether oxygens (including phenoxy) is 2. The van der Waals surface area contributed by atoms with Crippen LogP contribution >= 0.6 is 11.8 Å². The highest BCUT2D eigenvalue weighted by molar-refractivity contribution is 8.15. The number of aryl methyl sites for hydroxylation is 1. The Morgan fingerprint density at radius 3 is 2.63 bits per heavy atom. The number of carbonyl (C=O) groups is 1. The van der Waals surface area contributed by atoms with Crippen LogP contribution in [-0.4, -0.2) is 58.5 Å². The Morgan fingerprint density at radius 1 is 1.26 bits per heavy atom. The lowest BCUT2D eigenvalue weighted by Crippen LogP contribution is -2.16. The third-order valence-electron chi connectivity index (χ3n) is 4.66. The van der Waals surface area contributed by atoms with Crippen LogP contribution in [0.3, 0.4) is 0 Å². The van der Waals surface area contributed by atoms with E-state index in [1.807, 2.05) is 36.6 Å². The van der Waals surface area contributed by atoms with Crippen LogP contribution in [0.5, 0.6) is 5.75 Å².